The van der Waals surface area contributed by atoms with E-state index >= 15 is 0 Å². The molecule has 1 amide bonds. The van der Waals surface area contributed by atoms with Crippen LogP contribution in [0.4, 0.5) is 4.79 Å². The minimum atomic E-state index is -0.573. The molecule has 6 heteroatoms. The Morgan fingerprint density at radius 1 is 1.17 bits per heavy atom. The summed E-state index contributed by atoms with van der Waals surface area (Å²) in [7, 11) is 1.32. The van der Waals surface area contributed by atoms with Crippen molar-refractivity contribution in [1.82, 2.24) is 4.90 Å². The molecule has 1 atom stereocenters. The van der Waals surface area contributed by atoms with Crippen molar-refractivity contribution in [2.45, 2.75) is 38.7 Å². The number of rotatable bonds is 2. The summed E-state index contributed by atoms with van der Waals surface area (Å²) < 4.78 is 10.0. The molecule has 1 fully saturated rings. The summed E-state index contributed by atoms with van der Waals surface area (Å²) in [6.07, 6.45) is -0.117. The third-order valence-corrected chi connectivity index (χ3v) is 3.81. The highest BCUT2D eigenvalue weighted by atomic mass is 16.6. The van der Waals surface area contributed by atoms with E-state index in [1.54, 1.807) is 29.2 Å². The van der Waals surface area contributed by atoms with Crippen LogP contribution in [0.15, 0.2) is 24.3 Å². The third kappa shape index (κ3) is 4.34. The van der Waals surface area contributed by atoms with E-state index in [-0.39, 0.29) is 12.3 Å². The van der Waals surface area contributed by atoms with E-state index in [4.69, 9.17) is 4.74 Å². The highest BCUT2D eigenvalue weighted by Crippen LogP contribution is 2.25. The van der Waals surface area contributed by atoms with Crippen molar-refractivity contribution in [2.24, 2.45) is 0 Å². The summed E-state index contributed by atoms with van der Waals surface area (Å²) >= 11 is 0. The standard InChI is InChI=1S/C18H23NO5/c1-18(2,3)24-17(22)19-10-9-15(20)14(11-19)12-5-7-13(8-6-12)16(21)23-4/h5-8,14H,9-11H2,1-4H3/t14-/m0/s1. The lowest BCUT2D eigenvalue weighted by atomic mass is 9.89. The minimum absolute atomic E-state index is 0.0839. The van der Waals surface area contributed by atoms with Crippen LogP contribution in [0.1, 0.15) is 49.0 Å². The second-order valence-corrected chi connectivity index (χ2v) is 6.81. The number of hydrogen-bond donors (Lipinski definition) is 0. The van der Waals surface area contributed by atoms with Gasteiger partial charge >= 0.3 is 12.1 Å². The molecule has 2 rings (SSSR count). The van der Waals surface area contributed by atoms with Gasteiger partial charge in [0.15, 0.2) is 0 Å². The maximum Gasteiger partial charge on any atom is 0.410 e. The zero-order valence-electron chi connectivity index (χ0n) is 14.5. The Morgan fingerprint density at radius 2 is 1.79 bits per heavy atom. The molecule has 0 radical (unpaired) electrons. The zero-order chi connectivity index (χ0) is 17.9. The molecule has 6 nitrogen and oxygen atoms in total. The Hall–Kier alpha value is -2.37. The summed E-state index contributed by atoms with van der Waals surface area (Å²) in [4.78, 5) is 37.5. The van der Waals surface area contributed by atoms with Gasteiger partial charge in [0, 0.05) is 19.5 Å². The van der Waals surface area contributed by atoms with E-state index in [0.717, 1.165) is 5.56 Å². The molecule has 130 valence electrons. The van der Waals surface area contributed by atoms with E-state index in [1.165, 1.54) is 7.11 Å². The van der Waals surface area contributed by atoms with Crippen molar-refractivity contribution in [3.05, 3.63) is 35.4 Å². The van der Waals surface area contributed by atoms with Gasteiger partial charge in [-0.25, -0.2) is 9.59 Å². The van der Waals surface area contributed by atoms with Crippen LogP contribution in [-0.2, 0) is 14.3 Å². The lowest BCUT2D eigenvalue weighted by Gasteiger charge is -2.33. The molecule has 0 aromatic heterocycles. The molecule has 0 saturated carbocycles. The maximum atomic E-state index is 12.3. The van der Waals surface area contributed by atoms with Crippen molar-refractivity contribution in [3.8, 4) is 0 Å². The van der Waals surface area contributed by atoms with Gasteiger partial charge in [0.05, 0.1) is 18.6 Å². The monoisotopic (exact) mass is 333 g/mol. The number of ketones is 1. The number of methoxy groups -OCH3 is 1. The summed E-state index contributed by atoms with van der Waals surface area (Å²) in [5.74, 6) is -0.745. The van der Waals surface area contributed by atoms with E-state index < -0.39 is 23.6 Å². The summed E-state index contributed by atoms with van der Waals surface area (Å²) in [6.45, 7) is 6.07. The molecule has 0 unspecified atom stereocenters. The zero-order valence-corrected chi connectivity index (χ0v) is 14.5. The van der Waals surface area contributed by atoms with Gasteiger partial charge in [-0.3, -0.25) is 4.79 Å². The van der Waals surface area contributed by atoms with Gasteiger partial charge < -0.3 is 14.4 Å². The van der Waals surface area contributed by atoms with E-state index in [9.17, 15) is 14.4 Å². The van der Waals surface area contributed by atoms with Crippen molar-refractivity contribution in [3.63, 3.8) is 0 Å². The Labute approximate surface area is 141 Å². The number of benzene rings is 1. The molecule has 0 aliphatic carbocycles. The number of carbonyl (C=O) groups is 3. The second kappa shape index (κ2) is 7.03. The highest BCUT2D eigenvalue weighted by molar-refractivity contribution is 5.91. The van der Waals surface area contributed by atoms with Crippen LogP contribution in [0, 0.1) is 0 Å². The van der Waals surface area contributed by atoms with Crippen LogP contribution in [0.5, 0.6) is 0 Å². The van der Waals surface area contributed by atoms with Crippen molar-refractivity contribution >= 4 is 17.8 Å². The molecule has 1 aliphatic rings. The molecule has 0 bridgehead atoms. The molecular weight excluding hydrogens is 310 g/mol. The van der Waals surface area contributed by atoms with E-state index in [1.807, 2.05) is 20.8 Å². The lowest BCUT2D eigenvalue weighted by molar-refractivity contribution is -0.123. The molecule has 1 aromatic carbocycles. The first-order valence-corrected chi connectivity index (χ1v) is 7.90. The Morgan fingerprint density at radius 3 is 2.33 bits per heavy atom. The van der Waals surface area contributed by atoms with Gasteiger partial charge in [0.25, 0.3) is 0 Å². The predicted molar refractivity (Wildman–Crippen MR) is 88.0 cm³/mol. The first kappa shape index (κ1) is 18.0. The number of piperidine rings is 1. The normalized spacial score (nSPS) is 18.2. The van der Waals surface area contributed by atoms with Crippen LogP contribution < -0.4 is 0 Å². The van der Waals surface area contributed by atoms with E-state index in [0.29, 0.717) is 18.5 Å². The van der Waals surface area contributed by atoms with Gasteiger partial charge in [-0.2, -0.15) is 0 Å². The fraction of sp³-hybridized carbons (Fsp3) is 0.500. The number of amides is 1. The molecule has 1 heterocycles. The summed E-state index contributed by atoms with van der Waals surface area (Å²) in [5, 5.41) is 0. The lowest BCUT2D eigenvalue weighted by Crippen LogP contribution is -2.45. The summed E-state index contributed by atoms with van der Waals surface area (Å²) in [5.41, 5.74) is 0.630. The number of ether oxygens (including phenoxy) is 2. The van der Waals surface area contributed by atoms with Gasteiger partial charge in [0.2, 0.25) is 0 Å². The molecule has 1 saturated heterocycles. The Kier molecular flexibility index (Phi) is 5.26. The second-order valence-electron chi connectivity index (χ2n) is 6.81. The van der Waals surface area contributed by atoms with E-state index in [2.05, 4.69) is 4.74 Å². The number of nitrogens with zero attached hydrogens (tertiary/aromatic N) is 1. The minimum Gasteiger partial charge on any atom is -0.465 e. The first-order chi connectivity index (χ1) is 11.2. The van der Waals surface area contributed by atoms with Crippen LogP contribution in [-0.4, -0.2) is 48.5 Å². The molecule has 1 aliphatic heterocycles. The number of likely N-dealkylation sites (tertiary alicyclic amines) is 1. The first-order valence-electron chi connectivity index (χ1n) is 7.90. The topological polar surface area (TPSA) is 72.9 Å². The fourth-order valence-electron chi connectivity index (χ4n) is 2.59. The van der Waals surface area contributed by atoms with Crippen molar-refractivity contribution < 1.29 is 23.9 Å². The number of hydrogen-bond acceptors (Lipinski definition) is 5. The van der Waals surface area contributed by atoms with Crippen LogP contribution in [0.25, 0.3) is 0 Å². The fourth-order valence-corrected chi connectivity index (χ4v) is 2.59. The number of carbonyl (C=O) groups excluding carboxylic acids is 3. The number of Topliss-reactive ketones (excluding diaryl/α,β-unsaturated/α-hetero) is 1. The SMILES string of the molecule is COC(=O)c1ccc([C@@H]2CN(C(=O)OC(C)(C)C)CCC2=O)cc1. The molecule has 24 heavy (non-hydrogen) atoms. The predicted octanol–water partition coefficient (Wildman–Crippen LogP) is 2.77. The molecule has 0 N–H and O–H groups in total. The van der Waals surface area contributed by atoms with Gasteiger partial charge in [-0.1, -0.05) is 12.1 Å². The highest BCUT2D eigenvalue weighted by Gasteiger charge is 2.33. The van der Waals surface area contributed by atoms with Gasteiger partial charge in [-0.15, -0.1) is 0 Å². The number of esters is 1. The molecule has 0 spiro atoms. The maximum absolute atomic E-state index is 12.3. The molecular formula is C18H23NO5. The largest absolute Gasteiger partial charge is 0.465 e. The third-order valence-electron chi connectivity index (χ3n) is 3.81. The Balaban J connectivity index is 2.12. The smallest absolute Gasteiger partial charge is 0.410 e. The van der Waals surface area contributed by atoms with Crippen LogP contribution in [0.3, 0.4) is 0 Å². The average Bonchev–Trinajstić information content (AvgIpc) is 2.53. The van der Waals surface area contributed by atoms with Crippen LogP contribution >= 0.6 is 0 Å². The van der Waals surface area contributed by atoms with Crippen molar-refractivity contribution in [2.75, 3.05) is 20.2 Å². The summed E-state index contributed by atoms with van der Waals surface area (Å²) in [6, 6.07) is 6.71. The Bertz CT molecular complexity index is 630. The average molecular weight is 333 g/mol. The van der Waals surface area contributed by atoms with Gasteiger partial charge in [-0.05, 0) is 38.5 Å². The van der Waals surface area contributed by atoms with Crippen LogP contribution in [0.2, 0.25) is 0 Å². The molecule has 1 aromatic rings. The van der Waals surface area contributed by atoms with Gasteiger partial charge in [0.1, 0.15) is 11.4 Å². The van der Waals surface area contributed by atoms with Crippen molar-refractivity contribution in [1.29, 1.82) is 0 Å². The quantitative estimate of drug-likeness (QED) is 0.778.